The SMILES string of the molecule is Cc1cnc2c(c1)C=CCN2. The summed E-state index contributed by atoms with van der Waals surface area (Å²) in [6.07, 6.45) is 6.08. The summed E-state index contributed by atoms with van der Waals surface area (Å²) in [5, 5.41) is 3.19. The van der Waals surface area contributed by atoms with E-state index in [0.717, 1.165) is 12.4 Å². The van der Waals surface area contributed by atoms with Gasteiger partial charge >= 0.3 is 0 Å². The predicted octanol–water partition coefficient (Wildman–Crippen LogP) is 1.83. The molecule has 2 rings (SSSR count). The lowest BCUT2D eigenvalue weighted by molar-refractivity contribution is 1.18. The van der Waals surface area contributed by atoms with Gasteiger partial charge in [0.25, 0.3) is 0 Å². The number of fused-ring (bicyclic) bond motifs is 1. The Labute approximate surface area is 66.0 Å². The van der Waals surface area contributed by atoms with E-state index >= 15 is 0 Å². The topological polar surface area (TPSA) is 24.9 Å². The Balaban J connectivity index is 2.54. The zero-order valence-electron chi connectivity index (χ0n) is 6.46. The van der Waals surface area contributed by atoms with Crippen LogP contribution in [0.4, 0.5) is 5.82 Å². The standard InChI is InChI=1S/C9H10N2/c1-7-5-8-3-2-4-10-9(8)11-6-7/h2-3,5-6H,4H2,1H3,(H,10,11). The first-order valence-corrected chi connectivity index (χ1v) is 3.73. The van der Waals surface area contributed by atoms with Crippen molar-refractivity contribution in [1.82, 2.24) is 4.98 Å². The van der Waals surface area contributed by atoms with Crippen LogP contribution in [-0.4, -0.2) is 11.5 Å². The highest BCUT2D eigenvalue weighted by Crippen LogP contribution is 2.17. The monoisotopic (exact) mass is 146 g/mol. The molecule has 0 bridgehead atoms. The molecule has 0 atom stereocenters. The number of hydrogen-bond acceptors (Lipinski definition) is 2. The molecule has 2 heterocycles. The highest BCUT2D eigenvalue weighted by Gasteiger charge is 2.02. The second kappa shape index (κ2) is 2.38. The molecular formula is C9H10N2. The van der Waals surface area contributed by atoms with Crippen LogP contribution in [0.15, 0.2) is 18.3 Å². The van der Waals surface area contributed by atoms with Crippen LogP contribution in [0.2, 0.25) is 0 Å². The molecule has 1 N–H and O–H groups in total. The minimum atomic E-state index is 0.892. The average Bonchev–Trinajstić information content (AvgIpc) is 2.04. The lowest BCUT2D eigenvalue weighted by Gasteiger charge is -2.11. The van der Waals surface area contributed by atoms with Crippen molar-refractivity contribution >= 4 is 11.9 Å². The molecule has 0 aliphatic carbocycles. The Morgan fingerprint density at radius 2 is 2.45 bits per heavy atom. The van der Waals surface area contributed by atoms with E-state index in [-0.39, 0.29) is 0 Å². The van der Waals surface area contributed by atoms with Crippen molar-refractivity contribution < 1.29 is 0 Å². The number of pyridine rings is 1. The van der Waals surface area contributed by atoms with Gasteiger partial charge in [-0.3, -0.25) is 0 Å². The zero-order valence-corrected chi connectivity index (χ0v) is 6.46. The average molecular weight is 146 g/mol. The molecule has 1 aromatic rings. The molecule has 56 valence electrons. The number of hydrogen-bond donors (Lipinski definition) is 1. The van der Waals surface area contributed by atoms with Crippen molar-refractivity contribution in [3.05, 3.63) is 29.5 Å². The summed E-state index contributed by atoms with van der Waals surface area (Å²) in [5.74, 6) is 0.998. The Hall–Kier alpha value is -1.31. The van der Waals surface area contributed by atoms with Crippen LogP contribution >= 0.6 is 0 Å². The molecule has 0 saturated carbocycles. The highest BCUT2D eigenvalue weighted by atomic mass is 15.0. The molecule has 0 saturated heterocycles. The molecule has 0 fully saturated rings. The Kier molecular flexibility index (Phi) is 1.39. The van der Waals surface area contributed by atoms with Crippen LogP contribution in [0.1, 0.15) is 11.1 Å². The van der Waals surface area contributed by atoms with Gasteiger partial charge in [0.05, 0.1) is 0 Å². The van der Waals surface area contributed by atoms with Crippen LogP contribution in [0.3, 0.4) is 0 Å². The fraction of sp³-hybridized carbons (Fsp3) is 0.222. The van der Waals surface area contributed by atoms with Crippen molar-refractivity contribution in [3.8, 4) is 0 Å². The lowest BCUT2D eigenvalue weighted by Crippen LogP contribution is -2.06. The van der Waals surface area contributed by atoms with Crippen LogP contribution < -0.4 is 5.32 Å². The van der Waals surface area contributed by atoms with E-state index in [0.29, 0.717) is 0 Å². The molecule has 0 spiro atoms. The van der Waals surface area contributed by atoms with E-state index in [1.807, 2.05) is 6.20 Å². The van der Waals surface area contributed by atoms with Gasteiger partial charge in [-0.2, -0.15) is 0 Å². The summed E-state index contributed by atoms with van der Waals surface area (Å²) < 4.78 is 0. The predicted molar refractivity (Wildman–Crippen MR) is 46.5 cm³/mol. The Bertz CT molecular complexity index is 302. The van der Waals surface area contributed by atoms with Gasteiger partial charge in [0.15, 0.2) is 0 Å². The van der Waals surface area contributed by atoms with E-state index in [1.165, 1.54) is 11.1 Å². The summed E-state index contributed by atoms with van der Waals surface area (Å²) in [6.45, 7) is 2.94. The van der Waals surface area contributed by atoms with E-state index < -0.39 is 0 Å². The smallest absolute Gasteiger partial charge is 0.133 e. The number of nitrogens with zero attached hydrogens (tertiary/aromatic N) is 1. The minimum Gasteiger partial charge on any atom is -0.366 e. The number of nitrogens with one attached hydrogen (secondary N) is 1. The summed E-state index contributed by atoms with van der Waals surface area (Å²) in [7, 11) is 0. The molecule has 0 unspecified atom stereocenters. The maximum atomic E-state index is 4.26. The molecule has 1 aliphatic heterocycles. The first-order valence-electron chi connectivity index (χ1n) is 3.73. The first-order chi connectivity index (χ1) is 5.36. The fourth-order valence-corrected chi connectivity index (χ4v) is 1.21. The second-order valence-electron chi connectivity index (χ2n) is 2.73. The van der Waals surface area contributed by atoms with Crippen molar-refractivity contribution in [2.75, 3.05) is 11.9 Å². The molecule has 11 heavy (non-hydrogen) atoms. The van der Waals surface area contributed by atoms with Gasteiger partial charge in [-0.05, 0) is 18.6 Å². The van der Waals surface area contributed by atoms with Gasteiger partial charge in [0.2, 0.25) is 0 Å². The van der Waals surface area contributed by atoms with Gasteiger partial charge < -0.3 is 5.32 Å². The molecule has 0 radical (unpaired) electrons. The molecule has 1 aromatic heterocycles. The fourth-order valence-electron chi connectivity index (χ4n) is 1.21. The summed E-state index contributed by atoms with van der Waals surface area (Å²) in [4.78, 5) is 4.26. The largest absolute Gasteiger partial charge is 0.366 e. The van der Waals surface area contributed by atoms with Crippen LogP contribution in [0.5, 0.6) is 0 Å². The molecule has 2 heteroatoms. The second-order valence-corrected chi connectivity index (χ2v) is 2.73. The van der Waals surface area contributed by atoms with Gasteiger partial charge in [0.1, 0.15) is 5.82 Å². The first kappa shape index (κ1) is 6.40. The van der Waals surface area contributed by atoms with Crippen molar-refractivity contribution in [2.45, 2.75) is 6.92 Å². The van der Waals surface area contributed by atoms with Gasteiger partial charge in [0, 0.05) is 18.3 Å². The summed E-state index contributed by atoms with van der Waals surface area (Å²) in [5.41, 5.74) is 2.40. The normalized spacial score (nSPS) is 13.9. The third kappa shape index (κ3) is 1.11. The van der Waals surface area contributed by atoms with Gasteiger partial charge in [-0.15, -0.1) is 0 Å². The quantitative estimate of drug-likeness (QED) is 0.604. The number of aryl methyl sites for hydroxylation is 1. The third-order valence-corrected chi connectivity index (χ3v) is 1.74. The van der Waals surface area contributed by atoms with E-state index in [4.69, 9.17) is 0 Å². The van der Waals surface area contributed by atoms with Crippen LogP contribution in [0, 0.1) is 6.92 Å². The van der Waals surface area contributed by atoms with Gasteiger partial charge in [-0.25, -0.2) is 4.98 Å². The molecule has 0 aromatic carbocycles. The van der Waals surface area contributed by atoms with Crippen LogP contribution in [-0.2, 0) is 0 Å². The van der Waals surface area contributed by atoms with Crippen molar-refractivity contribution in [3.63, 3.8) is 0 Å². The van der Waals surface area contributed by atoms with Crippen LogP contribution in [0.25, 0.3) is 6.08 Å². The van der Waals surface area contributed by atoms with E-state index in [2.05, 4.69) is 35.4 Å². The van der Waals surface area contributed by atoms with E-state index in [1.54, 1.807) is 0 Å². The number of anilines is 1. The van der Waals surface area contributed by atoms with Gasteiger partial charge in [-0.1, -0.05) is 12.2 Å². The zero-order chi connectivity index (χ0) is 7.68. The van der Waals surface area contributed by atoms with E-state index in [9.17, 15) is 0 Å². The Morgan fingerprint density at radius 3 is 3.36 bits per heavy atom. The maximum Gasteiger partial charge on any atom is 0.133 e. The molecular weight excluding hydrogens is 136 g/mol. The highest BCUT2D eigenvalue weighted by molar-refractivity contribution is 5.66. The number of rotatable bonds is 0. The summed E-state index contributed by atoms with van der Waals surface area (Å²) >= 11 is 0. The lowest BCUT2D eigenvalue weighted by atomic mass is 10.1. The maximum absolute atomic E-state index is 4.26. The molecule has 2 nitrogen and oxygen atoms in total. The van der Waals surface area contributed by atoms with Crippen molar-refractivity contribution in [2.24, 2.45) is 0 Å². The number of aromatic nitrogens is 1. The summed E-state index contributed by atoms with van der Waals surface area (Å²) in [6, 6.07) is 2.13. The Morgan fingerprint density at radius 1 is 1.55 bits per heavy atom. The van der Waals surface area contributed by atoms with Crippen molar-refractivity contribution in [1.29, 1.82) is 0 Å². The third-order valence-electron chi connectivity index (χ3n) is 1.74. The minimum absolute atomic E-state index is 0.892. The molecule has 1 aliphatic rings. The molecule has 0 amide bonds.